The van der Waals surface area contributed by atoms with Gasteiger partial charge in [-0.15, -0.1) is 11.0 Å². The zero-order valence-electron chi connectivity index (χ0n) is 9.57. The van der Waals surface area contributed by atoms with Crippen LogP contribution in [0.15, 0.2) is 12.1 Å². The summed E-state index contributed by atoms with van der Waals surface area (Å²) in [6, 6.07) is 3.94. The second-order valence-electron chi connectivity index (χ2n) is 4.38. The van der Waals surface area contributed by atoms with Crippen molar-refractivity contribution in [2.75, 3.05) is 0 Å². The quantitative estimate of drug-likeness (QED) is 0.762. The molecule has 1 fully saturated rings. The van der Waals surface area contributed by atoms with Crippen LogP contribution in [0.4, 0.5) is 0 Å². The minimum absolute atomic E-state index is 0.610. The minimum Gasteiger partial charge on any atom is -0.244 e. The van der Waals surface area contributed by atoms with Crippen LogP contribution < -0.4 is 0 Å². The smallest absolute Gasteiger partial charge is 0.133 e. The molecule has 0 spiro atoms. The highest BCUT2D eigenvalue weighted by molar-refractivity contribution is 6.36. The lowest BCUT2D eigenvalue weighted by atomic mass is 10.2. The molecule has 2 aromatic rings. The second kappa shape index (κ2) is 4.05. The Balaban J connectivity index is 2.10. The number of rotatable bonds is 2. The lowest BCUT2D eigenvalue weighted by molar-refractivity contribution is 0.559. The number of halogens is 1. The summed E-state index contributed by atoms with van der Waals surface area (Å²) in [5, 5.41) is 8.94. The first-order valence-corrected chi connectivity index (χ1v) is 6.12. The minimum atomic E-state index is 0.610. The van der Waals surface area contributed by atoms with E-state index in [9.17, 15) is 0 Å². The molecule has 1 aliphatic carbocycles. The van der Waals surface area contributed by atoms with E-state index in [1.165, 1.54) is 12.8 Å². The molecule has 0 atom stereocenters. The van der Waals surface area contributed by atoms with Gasteiger partial charge in [-0.25, -0.2) is 4.68 Å². The fourth-order valence-electron chi connectivity index (χ4n) is 1.92. The van der Waals surface area contributed by atoms with E-state index in [4.69, 9.17) is 11.6 Å². The molecule has 86 valence electrons. The average Bonchev–Trinajstić information content (AvgIpc) is 3.03. The lowest BCUT2D eigenvalue weighted by Gasteiger charge is -2.01. The van der Waals surface area contributed by atoms with Crippen molar-refractivity contribution in [2.24, 2.45) is 5.92 Å². The summed E-state index contributed by atoms with van der Waals surface area (Å²) in [5.74, 6) is 6.59. The van der Waals surface area contributed by atoms with Crippen molar-refractivity contribution >= 4 is 22.6 Å². The zero-order valence-corrected chi connectivity index (χ0v) is 10.3. The Morgan fingerprint density at radius 3 is 3.00 bits per heavy atom. The van der Waals surface area contributed by atoms with Crippen LogP contribution in [0.5, 0.6) is 0 Å². The Kier molecular flexibility index (Phi) is 2.53. The molecule has 3 rings (SSSR count). The van der Waals surface area contributed by atoms with Crippen molar-refractivity contribution in [1.82, 2.24) is 15.0 Å². The standard InChI is InChI=1S/C13H12ClN3/c1-2-3-10-6-7-11-13(12(10)14)15-16-17(11)8-9-4-5-9/h6-7,9H,4-5,8H2,1H3. The normalized spacial score (nSPS) is 14.7. The Bertz CT molecular complexity index is 629. The summed E-state index contributed by atoms with van der Waals surface area (Å²) < 4.78 is 1.95. The molecular formula is C13H12ClN3. The summed E-state index contributed by atoms with van der Waals surface area (Å²) in [5.41, 5.74) is 2.58. The van der Waals surface area contributed by atoms with Crippen LogP contribution in [0.25, 0.3) is 11.0 Å². The van der Waals surface area contributed by atoms with Gasteiger partial charge in [0.2, 0.25) is 0 Å². The summed E-state index contributed by atoms with van der Waals surface area (Å²) in [6.45, 7) is 2.75. The molecule has 1 saturated carbocycles. The fraction of sp³-hybridized carbons (Fsp3) is 0.385. The Morgan fingerprint density at radius 2 is 2.29 bits per heavy atom. The summed E-state index contributed by atoms with van der Waals surface area (Å²) in [6.07, 6.45) is 2.60. The van der Waals surface area contributed by atoms with Crippen molar-refractivity contribution < 1.29 is 0 Å². The number of benzene rings is 1. The number of nitrogens with zero attached hydrogens (tertiary/aromatic N) is 3. The molecular weight excluding hydrogens is 234 g/mol. The van der Waals surface area contributed by atoms with Crippen LogP contribution in [0, 0.1) is 17.8 Å². The van der Waals surface area contributed by atoms with E-state index < -0.39 is 0 Å². The highest BCUT2D eigenvalue weighted by Gasteiger charge is 2.23. The van der Waals surface area contributed by atoms with Gasteiger partial charge in [0.15, 0.2) is 0 Å². The lowest BCUT2D eigenvalue weighted by Crippen LogP contribution is -2.01. The van der Waals surface area contributed by atoms with Gasteiger partial charge < -0.3 is 0 Å². The SMILES string of the molecule is CC#Cc1ccc2c(nnn2CC2CC2)c1Cl. The molecule has 1 heterocycles. The van der Waals surface area contributed by atoms with Crippen LogP contribution >= 0.6 is 11.6 Å². The van der Waals surface area contributed by atoms with Gasteiger partial charge >= 0.3 is 0 Å². The largest absolute Gasteiger partial charge is 0.244 e. The molecule has 4 heteroatoms. The van der Waals surface area contributed by atoms with Gasteiger partial charge in [0.25, 0.3) is 0 Å². The van der Waals surface area contributed by atoms with E-state index in [0.717, 1.165) is 29.1 Å². The second-order valence-corrected chi connectivity index (χ2v) is 4.76. The van der Waals surface area contributed by atoms with Gasteiger partial charge in [0.1, 0.15) is 5.52 Å². The summed E-state index contributed by atoms with van der Waals surface area (Å²) in [7, 11) is 0. The Hall–Kier alpha value is -1.53. The van der Waals surface area contributed by atoms with Crippen molar-refractivity contribution in [3.8, 4) is 11.8 Å². The number of aromatic nitrogens is 3. The number of fused-ring (bicyclic) bond motifs is 1. The van der Waals surface area contributed by atoms with E-state index in [-0.39, 0.29) is 0 Å². The predicted molar refractivity (Wildman–Crippen MR) is 67.8 cm³/mol. The van der Waals surface area contributed by atoms with Crippen molar-refractivity contribution in [2.45, 2.75) is 26.3 Å². The van der Waals surface area contributed by atoms with Crippen LogP contribution in [-0.2, 0) is 6.54 Å². The third-order valence-corrected chi connectivity index (χ3v) is 3.40. The van der Waals surface area contributed by atoms with Gasteiger partial charge in [-0.3, -0.25) is 0 Å². The molecule has 0 radical (unpaired) electrons. The molecule has 0 unspecified atom stereocenters. The molecule has 0 N–H and O–H groups in total. The predicted octanol–water partition coefficient (Wildman–Crippen LogP) is 2.87. The Labute approximate surface area is 105 Å². The topological polar surface area (TPSA) is 30.7 Å². The first kappa shape index (κ1) is 10.6. The number of hydrogen-bond donors (Lipinski definition) is 0. The van der Waals surface area contributed by atoms with Crippen molar-refractivity contribution in [3.63, 3.8) is 0 Å². The maximum atomic E-state index is 6.27. The molecule has 17 heavy (non-hydrogen) atoms. The first-order chi connectivity index (χ1) is 8.29. The zero-order chi connectivity index (χ0) is 11.8. The molecule has 1 aromatic heterocycles. The van der Waals surface area contributed by atoms with Gasteiger partial charge in [0, 0.05) is 12.1 Å². The number of hydrogen-bond acceptors (Lipinski definition) is 2. The van der Waals surface area contributed by atoms with E-state index >= 15 is 0 Å². The summed E-state index contributed by atoms with van der Waals surface area (Å²) in [4.78, 5) is 0. The molecule has 1 aromatic carbocycles. The average molecular weight is 246 g/mol. The van der Waals surface area contributed by atoms with Gasteiger partial charge in [-0.1, -0.05) is 22.7 Å². The van der Waals surface area contributed by atoms with Crippen LogP contribution in [0.1, 0.15) is 25.3 Å². The molecule has 0 aliphatic heterocycles. The fourth-order valence-corrected chi connectivity index (χ4v) is 2.16. The molecule has 0 amide bonds. The third-order valence-electron chi connectivity index (χ3n) is 3.01. The molecule has 1 aliphatic rings. The molecule has 0 saturated heterocycles. The van der Waals surface area contributed by atoms with E-state index in [1.54, 1.807) is 6.92 Å². The Morgan fingerprint density at radius 1 is 1.47 bits per heavy atom. The van der Waals surface area contributed by atoms with Gasteiger partial charge in [-0.05, 0) is 37.8 Å². The van der Waals surface area contributed by atoms with Gasteiger partial charge in [0.05, 0.1) is 10.5 Å². The van der Waals surface area contributed by atoms with E-state index in [2.05, 4.69) is 22.2 Å². The maximum absolute atomic E-state index is 6.27. The highest BCUT2D eigenvalue weighted by Crippen LogP contribution is 2.32. The third kappa shape index (κ3) is 1.89. The van der Waals surface area contributed by atoms with Crippen LogP contribution in [-0.4, -0.2) is 15.0 Å². The van der Waals surface area contributed by atoms with E-state index in [1.807, 2.05) is 16.8 Å². The molecule has 0 bridgehead atoms. The van der Waals surface area contributed by atoms with Crippen LogP contribution in [0.3, 0.4) is 0 Å². The molecule has 3 nitrogen and oxygen atoms in total. The maximum Gasteiger partial charge on any atom is 0.133 e. The highest BCUT2D eigenvalue weighted by atomic mass is 35.5. The van der Waals surface area contributed by atoms with Crippen LogP contribution in [0.2, 0.25) is 5.02 Å². The van der Waals surface area contributed by atoms with Gasteiger partial charge in [-0.2, -0.15) is 0 Å². The first-order valence-electron chi connectivity index (χ1n) is 5.74. The van der Waals surface area contributed by atoms with Crippen molar-refractivity contribution in [3.05, 3.63) is 22.7 Å². The monoisotopic (exact) mass is 245 g/mol. The summed E-state index contributed by atoms with van der Waals surface area (Å²) >= 11 is 6.27. The van der Waals surface area contributed by atoms with Crippen molar-refractivity contribution in [1.29, 1.82) is 0 Å². The van der Waals surface area contributed by atoms with E-state index in [0.29, 0.717) is 5.02 Å².